The predicted octanol–water partition coefficient (Wildman–Crippen LogP) is 4.21. The molecule has 2 bridgehead atoms. The summed E-state index contributed by atoms with van der Waals surface area (Å²) in [6.45, 7) is 5.30. The second-order valence-electron chi connectivity index (χ2n) is 10.4. The number of rotatable bonds is 6. The number of hydrogen-bond donors (Lipinski definition) is 1. The summed E-state index contributed by atoms with van der Waals surface area (Å²) in [5.74, 6) is -1.39. The number of hydrogen-bond acceptors (Lipinski definition) is 7. The number of amides is 2. The standard InChI is InChI=1S/C27H30FN3O6/c1-27(2,3)37-26(34)31-19-8-7-17(12-19)23(31)24(32)30-18(14-29)11-15-5-6-16(13-20(15)28)21-9-10-22(36-21)25(33)35-4/h5-6,9-10,13,17-19,23H,7-8,11-12H2,1-4H3,(H,30,32)/t17-,18-,19+,23-/m0/s1. The van der Waals surface area contributed by atoms with Crippen LogP contribution in [0.4, 0.5) is 9.18 Å². The van der Waals surface area contributed by atoms with Gasteiger partial charge in [-0.15, -0.1) is 0 Å². The number of piperidine rings is 1. The average Bonchev–Trinajstić information content (AvgIpc) is 3.59. The molecule has 1 saturated heterocycles. The van der Waals surface area contributed by atoms with Crippen LogP contribution in [0.25, 0.3) is 11.3 Å². The van der Waals surface area contributed by atoms with Crippen molar-refractivity contribution in [2.75, 3.05) is 7.11 Å². The third-order valence-electron chi connectivity index (χ3n) is 6.68. The van der Waals surface area contributed by atoms with Crippen molar-refractivity contribution in [2.45, 2.75) is 70.2 Å². The smallest absolute Gasteiger partial charge is 0.411 e. The lowest BCUT2D eigenvalue weighted by Crippen LogP contribution is -2.55. The first-order valence-corrected chi connectivity index (χ1v) is 12.2. The topological polar surface area (TPSA) is 122 Å². The van der Waals surface area contributed by atoms with E-state index in [0.717, 1.165) is 19.3 Å². The molecule has 37 heavy (non-hydrogen) atoms. The van der Waals surface area contributed by atoms with Gasteiger partial charge in [-0.3, -0.25) is 9.69 Å². The molecule has 2 fully saturated rings. The molecule has 0 spiro atoms. The van der Waals surface area contributed by atoms with E-state index in [9.17, 15) is 24.0 Å². The molecule has 0 radical (unpaired) electrons. The number of benzene rings is 1. The third-order valence-corrected chi connectivity index (χ3v) is 6.68. The molecule has 10 heteroatoms. The Kier molecular flexibility index (Phi) is 7.25. The van der Waals surface area contributed by atoms with E-state index in [0.29, 0.717) is 5.56 Å². The molecule has 4 atom stereocenters. The molecule has 1 aliphatic carbocycles. The van der Waals surface area contributed by atoms with Crippen LogP contribution in [-0.2, 0) is 20.7 Å². The highest BCUT2D eigenvalue weighted by Gasteiger charge is 2.52. The summed E-state index contributed by atoms with van der Waals surface area (Å²) >= 11 is 0. The lowest BCUT2D eigenvalue weighted by molar-refractivity contribution is -0.128. The Morgan fingerprint density at radius 3 is 2.65 bits per heavy atom. The van der Waals surface area contributed by atoms with Crippen LogP contribution in [0.3, 0.4) is 0 Å². The van der Waals surface area contributed by atoms with Crippen molar-refractivity contribution >= 4 is 18.0 Å². The predicted molar refractivity (Wildman–Crippen MR) is 130 cm³/mol. The summed E-state index contributed by atoms with van der Waals surface area (Å²) in [4.78, 5) is 39.2. The monoisotopic (exact) mass is 511 g/mol. The summed E-state index contributed by atoms with van der Waals surface area (Å²) in [5, 5.41) is 12.4. The minimum atomic E-state index is -0.998. The van der Waals surface area contributed by atoms with Gasteiger partial charge < -0.3 is 19.2 Å². The summed E-state index contributed by atoms with van der Waals surface area (Å²) in [7, 11) is 1.23. The van der Waals surface area contributed by atoms with E-state index in [2.05, 4.69) is 10.1 Å². The number of ether oxygens (including phenoxy) is 2. The van der Waals surface area contributed by atoms with Gasteiger partial charge in [0.05, 0.1) is 13.2 Å². The van der Waals surface area contributed by atoms with Crippen LogP contribution in [0.15, 0.2) is 34.7 Å². The molecule has 2 amide bonds. The van der Waals surface area contributed by atoms with E-state index < -0.39 is 41.5 Å². The normalized spacial score (nSPS) is 21.3. The van der Waals surface area contributed by atoms with E-state index in [4.69, 9.17) is 9.15 Å². The maximum absolute atomic E-state index is 14.9. The zero-order valence-electron chi connectivity index (χ0n) is 21.2. The van der Waals surface area contributed by atoms with Gasteiger partial charge in [0.15, 0.2) is 0 Å². The minimum absolute atomic E-state index is 0.00365. The van der Waals surface area contributed by atoms with E-state index in [-0.39, 0.29) is 35.5 Å². The number of likely N-dealkylation sites (tertiary alicyclic amines) is 1. The van der Waals surface area contributed by atoms with E-state index in [1.165, 1.54) is 36.3 Å². The highest BCUT2D eigenvalue weighted by atomic mass is 19.1. The number of nitrogens with one attached hydrogen (secondary N) is 1. The fraction of sp³-hybridized carbons (Fsp3) is 0.481. The van der Waals surface area contributed by atoms with Gasteiger partial charge in [-0.1, -0.05) is 12.1 Å². The number of carbonyl (C=O) groups excluding carboxylic acids is 3. The Hall–Kier alpha value is -3.87. The number of esters is 1. The van der Waals surface area contributed by atoms with E-state index >= 15 is 0 Å². The number of furan rings is 1. The van der Waals surface area contributed by atoms with Crippen molar-refractivity contribution in [1.82, 2.24) is 10.2 Å². The zero-order chi connectivity index (χ0) is 26.9. The SMILES string of the molecule is COC(=O)c1ccc(-c2ccc(C[C@@H](C#N)NC(=O)[C@@H]3[C@H]4CC[C@H](C4)N3C(=O)OC(C)(C)C)c(F)c2)o1. The molecule has 1 aliphatic heterocycles. The molecule has 1 aromatic carbocycles. The first-order valence-electron chi connectivity index (χ1n) is 12.2. The van der Waals surface area contributed by atoms with Gasteiger partial charge in [0.25, 0.3) is 0 Å². The van der Waals surface area contributed by atoms with Crippen molar-refractivity contribution < 1.29 is 32.7 Å². The van der Waals surface area contributed by atoms with Crippen LogP contribution < -0.4 is 5.32 Å². The van der Waals surface area contributed by atoms with Gasteiger partial charge in [0.2, 0.25) is 11.7 Å². The number of methoxy groups -OCH3 is 1. The Labute approximate surface area is 214 Å². The molecular formula is C27H30FN3O6. The maximum Gasteiger partial charge on any atom is 0.411 e. The second-order valence-corrected chi connectivity index (χ2v) is 10.4. The number of carbonyl (C=O) groups is 3. The van der Waals surface area contributed by atoms with Crippen molar-refractivity contribution in [2.24, 2.45) is 5.92 Å². The molecule has 1 aromatic heterocycles. The number of nitriles is 1. The number of halogens is 1. The summed E-state index contributed by atoms with van der Waals surface area (Å²) in [6, 6.07) is 7.56. The Morgan fingerprint density at radius 1 is 1.24 bits per heavy atom. The zero-order valence-corrected chi connectivity index (χ0v) is 21.2. The molecule has 2 aliphatic rings. The number of fused-ring (bicyclic) bond motifs is 2. The van der Waals surface area contributed by atoms with Crippen LogP contribution in [0.5, 0.6) is 0 Å². The van der Waals surface area contributed by atoms with E-state index in [1.807, 2.05) is 6.07 Å². The molecule has 9 nitrogen and oxygen atoms in total. The molecule has 4 rings (SSSR count). The van der Waals surface area contributed by atoms with Crippen LogP contribution in [-0.4, -0.2) is 53.7 Å². The molecule has 0 unspecified atom stereocenters. The first kappa shape index (κ1) is 26.2. The molecule has 1 N–H and O–H groups in total. The fourth-order valence-electron chi connectivity index (χ4n) is 5.08. The Balaban J connectivity index is 1.44. The molecular weight excluding hydrogens is 481 g/mol. The highest BCUT2D eigenvalue weighted by molar-refractivity contribution is 5.88. The van der Waals surface area contributed by atoms with Crippen molar-refractivity contribution in [3.63, 3.8) is 0 Å². The van der Waals surface area contributed by atoms with Crippen molar-refractivity contribution in [3.05, 3.63) is 47.5 Å². The average molecular weight is 512 g/mol. The molecule has 2 aromatic rings. The van der Waals surface area contributed by atoms with Gasteiger partial charge in [-0.2, -0.15) is 5.26 Å². The number of nitrogens with zero attached hydrogens (tertiary/aromatic N) is 2. The summed E-state index contributed by atoms with van der Waals surface area (Å²) in [6.07, 6.45) is 1.74. The van der Waals surface area contributed by atoms with Crippen molar-refractivity contribution in [3.8, 4) is 17.4 Å². The first-order chi connectivity index (χ1) is 17.5. The van der Waals surface area contributed by atoms with Crippen molar-refractivity contribution in [1.29, 1.82) is 5.26 Å². The van der Waals surface area contributed by atoms with Gasteiger partial charge in [-0.05, 0) is 69.7 Å². The Morgan fingerprint density at radius 2 is 2.00 bits per heavy atom. The van der Waals surface area contributed by atoms with Crippen LogP contribution in [0, 0.1) is 23.1 Å². The quantitative estimate of drug-likeness (QED) is 0.577. The van der Waals surface area contributed by atoms with Gasteiger partial charge >= 0.3 is 12.1 Å². The minimum Gasteiger partial charge on any atom is -0.463 e. The summed E-state index contributed by atoms with van der Waals surface area (Å²) < 4.78 is 30.5. The summed E-state index contributed by atoms with van der Waals surface area (Å²) in [5.41, 5.74) is -0.0637. The maximum atomic E-state index is 14.9. The fourth-order valence-corrected chi connectivity index (χ4v) is 5.08. The van der Waals surface area contributed by atoms with E-state index in [1.54, 1.807) is 26.8 Å². The third kappa shape index (κ3) is 5.61. The second kappa shape index (κ2) is 10.2. The molecule has 1 saturated carbocycles. The van der Waals surface area contributed by atoms with Gasteiger partial charge in [-0.25, -0.2) is 14.0 Å². The lowest BCUT2D eigenvalue weighted by Gasteiger charge is -2.35. The van der Waals surface area contributed by atoms with Crippen LogP contribution >= 0.6 is 0 Å². The molecule has 196 valence electrons. The largest absolute Gasteiger partial charge is 0.463 e. The van der Waals surface area contributed by atoms with Crippen LogP contribution in [0.2, 0.25) is 0 Å². The van der Waals surface area contributed by atoms with Gasteiger partial charge in [0, 0.05) is 18.0 Å². The Bertz CT molecular complexity index is 1240. The van der Waals surface area contributed by atoms with Gasteiger partial charge in [0.1, 0.15) is 29.3 Å². The molecule has 2 heterocycles. The lowest BCUT2D eigenvalue weighted by atomic mass is 9.97. The van der Waals surface area contributed by atoms with Crippen LogP contribution in [0.1, 0.15) is 56.2 Å². The highest BCUT2D eigenvalue weighted by Crippen LogP contribution is 2.43.